The van der Waals surface area contributed by atoms with Crippen LogP contribution in [0.4, 0.5) is 8.78 Å². The highest BCUT2D eigenvalue weighted by Crippen LogP contribution is 2.55. The largest absolute Gasteiger partial charge is 0.381 e. The first kappa shape index (κ1) is 21.6. The maximum atomic E-state index is 13.9. The minimum absolute atomic E-state index is 0.103. The van der Waals surface area contributed by atoms with E-state index in [2.05, 4.69) is 0 Å². The summed E-state index contributed by atoms with van der Waals surface area (Å²) in [6.45, 7) is 1.29. The summed E-state index contributed by atoms with van der Waals surface area (Å²) in [6, 6.07) is 20.9. The molecule has 1 heterocycles. The van der Waals surface area contributed by atoms with Gasteiger partial charge in [-0.05, 0) is 35.7 Å². The van der Waals surface area contributed by atoms with Crippen LogP contribution in [0.15, 0.2) is 78.9 Å². The number of hydrogen-bond donors (Lipinski definition) is 1. The maximum absolute atomic E-state index is 13.9. The zero-order chi connectivity index (χ0) is 22.4. The van der Waals surface area contributed by atoms with Gasteiger partial charge in [0.25, 0.3) is 0 Å². The summed E-state index contributed by atoms with van der Waals surface area (Å²) in [5.41, 5.74) is -0.410. The summed E-state index contributed by atoms with van der Waals surface area (Å²) in [7, 11) is -3.93. The van der Waals surface area contributed by atoms with E-state index in [1.54, 1.807) is 4.90 Å². The van der Waals surface area contributed by atoms with Crippen LogP contribution in [0.5, 0.6) is 0 Å². The number of aliphatic hydroxyl groups is 1. The van der Waals surface area contributed by atoms with Crippen LogP contribution in [-0.2, 0) is 15.4 Å². The van der Waals surface area contributed by atoms with Crippen molar-refractivity contribution in [1.82, 2.24) is 4.90 Å². The molecule has 1 aliphatic rings. The van der Waals surface area contributed by atoms with Crippen LogP contribution < -0.4 is 0 Å². The van der Waals surface area contributed by atoms with Gasteiger partial charge in [-0.1, -0.05) is 60.7 Å². The van der Waals surface area contributed by atoms with E-state index in [-0.39, 0.29) is 12.1 Å². The Bertz CT molecular complexity index is 1140. The minimum Gasteiger partial charge on any atom is -0.381 e. The van der Waals surface area contributed by atoms with Gasteiger partial charge in [0, 0.05) is 18.9 Å². The van der Waals surface area contributed by atoms with Crippen molar-refractivity contribution in [3.63, 3.8) is 0 Å². The van der Waals surface area contributed by atoms with Crippen molar-refractivity contribution in [3.05, 3.63) is 107 Å². The molecule has 0 bridgehead atoms. The van der Waals surface area contributed by atoms with Gasteiger partial charge >= 0.3 is 0 Å². The molecule has 0 aromatic heterocycles. The van der Waals surface area contributed by atoms with E-state index < -0.39 is 38.0 Å². The smallest absolute Gasteiger partial charge is 0.169 e. The number of nitrogens with zero attached hydrogens (tertiary/aromatic N) is 1. The van der Waals surface area contributed by atoms with Gasteiger partial charge in [0.1, 0.15) is 17.2 Å². The SMILES string of the molecule is CC1(S(C)(=O)=O)N(C(c2ccccc2)c2ccccc2)CC1(O)c1cc(F)cc(F)c1. The monoisotopic (exact) mass is 443 g/mol. The number of likely N-dealkylation sites (tertiary alicyclic amines) is 1. The van der Waals surface area contributed by atoms with E-state index in [1.165, 1.54) is 6.92 Å². The Hall–Kier alpha value is -2.61. The fourth-order valence-electron chi connectivity index (χ4n) is 4.52. The summed E-state index contributed by atoms with van der Waals surface area (Å²) < 4.78 is 54.0. The summed E-state index contributed by atoms with van der Waals surface area (Å²) in [4.78, 5) is -0.146. The Morgan fingerprint density at radius 1 is 0.903 bits per heavy atom. The Labute approximate surface area is 180 Å². The van der Waals surface area contributed by atoms with Gasteiger partial charge in [-0.3, -0.25) is 4.90 Å². The average molecular weight is 444 g/mol. The van der Waals surface area contributed by atoms with E-state index in [4.69, 9.17) is 0 Å². The van der Waals surface area contributed by atoms with Gasteiger partial charge < -0.3 is 5.11 Å². The van der Waals surface area contributed by atoms with Gasteiger partial charge in [-0.25, -0.2) is 17.2 Å². The van der Waals surface area contributed by atoms with Crippen molar-refractivity contribution in [2.75, 3.05) is 12.8 Å². The minimum atomic E-state index is -3.93. The summed E-state index contributed by atoms with van der Waals surface area (Å²) in [5, 5.41) is 11.5. The molecule has 2 unspecified atom stereocenters. The molecular formula is C24H23F2NO3S. The molecule has 1 aliphatic heterocycles. The highest BCUT2D eigenvalue weighted by atomic mass is 32.2. The van der Waals surface area contributed by atoms with Crippen LogP contribution in [0.2, 0.25) is 0 Å². The van der Waals surface area contributed by atoms with E-state index in [1.807, 2.05) is 60.7 Å². The van der Waals surface area contributed by atoms with Crippen LogP contribution in [0.1, 0.15) is 29.7 Å². The second kappa shape index (κ2) is 7.51. The first-order chi connectivity index (χ1) is 14.6. The number of benzene rings is 3. The van der Waals surface area contributed by atoms with Gasteiger partial charge in [0.2, 0.25) is 0 Å². The molecule has 162 valence electrons. The predicted octanol–water partition coefficient (Wildman–Crippen LogP) is 4.02. The summed E-state index contributed by atoms with van der Waals surface area (Å²) in [5.74, 6) is -1.75. The van der Waals surface area contributed by atoms with E-state index >= 15 is 0 Å². The normalized spacial score (nSPS) is 24.2. The molecule has 1 fully saturated rings. The molecular weight excluding hydrogens is 420 g/mol. The standard InChI is InChI=1S/C24H23F2NO3S/c1-23(31(2,29)30)24(28,19-13-20(25)15-21(26)14-19)16-27(23)22(17-9-5-3-6-10-17)18-11-7-4-8-12-18/h3-15,22,28H,16H2,1-2H3. The van der Waals surface area contributed by atoms with Crippen molar-refractivity contribution < 1.29 is 22.3 Å². The van der Waals surface area contributed by atoms with E-state index in [0.717, 1.165) is 29.5 Å². The lowest BCUT2D eigenvalue weighted by Gasteiger charge is -2.63. The van der Waals surface area contributed by atoms with Crippen molar-refractivity contribution in [1.29, 1.82) is 0 Å². The Balaban J connectivity index is 1.90. The van der Waals surface area contributed by atoms with Crippen LogP contribution in [-0.4, -0.2) is 36.1 Å². The fraction of sp³-hybridized carbons (Fsp3) is 0.250. The number of halogens is 2. The van der Waals surface area contributed by atoms with Crippen LogP contribution in [0.25, 0.3) is 0 Å². The molecule has 0 radical (unpaired) electrons. The number of sulfone groups is 1. The molecule has 3 aromatic rings. The Kier molecular flexibility index (Phi) is 5.24. The molecule has 4 rings (SSSR count). The number of rotatable bonds is 5. The van der Waals surface area contributed by atoms with Crippen LogP contribution in [0, 0.1) is 11.6 Å². The third-order valence-corrected chi connectivity index (χ3v) is 8.34. The lowest BCUT2D eigenvalue weighted by atomic mass is 9.75. The van der Waals surface area contributed by atoms with Gasteiger partial charge in [0.15, 0.2) is 14.7 Å². The molecule has 0 amide bonds. The Morgan fingerprint density at radius 3 is 1.77 bits per heavy atom. The zero-order valence-electron chi connectivity index (χ0n) is 17.2. The van der Waals surface area contributed by atoms with Crippen molar-refractivity contribution >= 4 is 9.84 Å². The molecule has 0 aliphatic carbocycles. The fourth-order valence-corrected chi connectivity index (χ4v) is 5.91. The summed E-state index contributed by atoms with van der Waals surface area (Å²) >= 11 is 0. The molecule has 2 atom stereocenters. The second-order valence-electron chi connectivity index (χ2n) is 8.13. The molecule has 4 nitrogen and oxygen atoms in total. The quantitative estimate of drug-likeness (QED) is 0.647. The van der Waals surface area contributed by atoms with Gasteiger partial charge in [0.05, 0.1) is 6.04 Å². The van der Waals surface area contributed by atoms with Crippen LogP contribution in [0.3, 0.4) is 0 Å². The predicted molar refractivity (Wildman–Crippen MR) is 115 cm³/mol. The van der Waals surface area contributed by atoms with Gasteiger partial charge in [-0.15, -0.1) is 0 Å². The first-order valence-corrected chi connectivity index (χ1v) is 11.7. The number of β-amino-alcohol motifs (C(OH)–C–C–N with tert-alkyl or cyclic N) is 1. The van der Waals surface area contributed by atoms with E-state index in [9.17, 15) is 22.3 Å². The molecule has 3 aromatic carbocycles. The average Bonchev–Trinajstić information content (AvgIpc) is 2.73. The first-order valence-electron chi connectivity index (χ1n) is 9.83. The molecule has 1 saturated heterocycles. The molecule has 7 heteroatoms. The Morgan fingerprint density at radius 2 is 1.35 bits per heavy atom. The molecule has 1 N–H and O–H groups in total. The van der Waals surface area contributed by atoms with Crippen LogP contribution >= 0.6 is 0 Å². The third-order valence-electron chi connectivity index (χ3n) is 6.32. The zero-order valence-corrected chi connectivity index (χ0v) is 18.0. The van der Waals surface area contributed by atoms with Crippen molar-refractivity contribution in [2.24, 2.45) is 0 Å². The highest BCUT2D eigenvalue weighted by Gasteiger charge is 2.69. The van der Waals surface area contributed by atoms with E-state index in [0.29, 0.717) is 6.07 Å². The van der Waals surface area contributed by atoms with Crippen molar-refractivity contribution in [3.8, 4) is 0 Å². The molecule has 31 heavy (non-hydrogen) atoms. The van der Waals surface area contributed by atoms with Crippen molar-refractivity contribution in [2.45, 2.75) is 23.4 Å². The highest BCUT2D eigenvalue weighted by molar-refractivity contribution is 7.92. The van der Waals surface area contributed by atoms with Gasteiger partial charge in [-0.2, -0.15) is 0 Å². The lowest BCUT2D eigenvalue weighted by molar-refractivity contribution is -0.187. The second-order valence-corrected chi connectivity index (χ2v) is 10.5. The topological polar surface area (TPSA) is 57.6 Å². The number of hydrogen-bond acceptors (Lipinski definition) is 4. The maximum Gasteiger partial charge on any atom is 0.169 e. The molecule has 0 saturated carbocycles. The third kappa shape index (κ3) is 3.37. The molecule has 0 spiro atoms. The lowest BCUT2D eigenvalue weighted by Crippen LogP contribution is -2.78. The summed E-state index contributed by atoms with van der Waals surface area (Å²) in [6.07, 6.45) is 1.03.